The number of hydrogen-bond acceptors (Lipinski definition) is 3. The highest BCUT2D eigenvalue weighted by molar-refractivity contribution is 8.00. The average molecular weight is 284 g/mol. The third kappa shape index (κ3) is 4.38. The maximum absolute atomic E-state index is 12.5. The summed E-state index contributed by atoms with van der Waals surface area (Å²) >= 11 is 1.98. The quantitative estimate of drug-likeness (QED) is 0.848. The Hall–Kier alpha value is -0.220. The van der Waals surface area contributed by atoms with Gasteiger partial charge in [0.15, 0.2) is 0 Å². The highest BCUT2D eigenvalue weighted by atomic mass is 32.2. The van der Waals surface area contributed by atoms with Crippen LogP contribution in [0, 0.1) is 0 Å². The minimum absolute atomic E-state index is 0.218. The van der Waals surface area contributed by atoms with Gasteiger partial charge >= 0.3 is 0 Å². The average Bonchev–Trinajstić information content (AvgIpc) is 2.50. The van der Waals surface area contributed by atoms with Gasteiger partial charge in [-0.1, -0.05) is 33.1 Å². The first kappa shape index (κ1) is 15.2. The molecular formula is C15H28N2OS. The normalized spacial score (nSPS) is 26.8. The summed E-state index contributed by atoms with van der Waals surface area (Å²) in [6.45, 7) is 6.34. The molecule has 110 valence electrons. The molecule has 0 aromatic heterocycles. The Bertz CT molecular complexity index is 324. The van der Waals surface area contributed by atoms with Crippen LogP contribution in [0.2, 0.25) is 0 Å². The van der Waals surface area contributed by atoms with E-state index >= 15 is 0 Å². The van der Waals surface area contributed by atoms with Crippen LogP contribution >= 0.6 is 11.8 Å². The first-order valence-electron chi connectivity index (χ1n) is 7.61. The Kier molecular flexibility index (Phi) is 4.83. The first-order chi connectivity index (χ1) is 8.90. The van der Waals surface area contributed by atoms with Gasteiger partial charge in [0.1, 0.15) is 0 Å². The van der Waals surface area contributed by atoms with Crippen molar-refractivity contribution in [2.45, 2.75) is 69.1 Å². The maximum atomic E-state index is 12.5. The van der Waals surface area contributed by atoms with Gasteiger partial charge in [-0.25, -0.2) is 0 Å². The zero-order valence-electron chi connectivity index (χ0n) is 12.4. The highest BCUT2D eigenvalue weighted by Gasteiger charge is 2.33. The fraction of sp³-hybridized carbons (Fsp3) is 0.933. The molecule has 0 radical (unpaired) electrons. The summed E-state index contributed by atoms with van der Waals surface area (Å²) in [5.74, 6) is 1.33. The van der Waals surface area contributed by atoms with Gasteiger partial charge < -0.3 is 10.6 Å². The predicted molar refractivity (Wildman–Crippen MR) is 82.4 cm³/mol. The maximum Gasteiger partial charge on any atom is 0.224 e. The van der Waals surface area contributed by atoms with Crippen LogP contribution in [0.15, 0.2) is 0 Å². The minimum atomic E-state index is -0.218. The van der Waals surface area contributed by atoms with Gasteiger partial charge in [-0.05, 0) is 19.3 Å². The molecule has 2 N–H and O–H groups in total. The van der Waals surface area contributed by atoms with E-state index in [9.17, 15) is 4.79 Å². The van der Waals surface area contributed by atoms with E-state index in [0.717, 1.165) is 38.1 Å². The molecule has 0 atom stereocenters. The summed E-state index contributed by atoms with van der Waals surface area (Å²) in [6.07, 6.45) is 7.33. The van der Waals surface area contributed by atoms with E-state index in [1.54, 1.807) is 0 Å². The van der Waals surface area contributed by atoms with Crippen molar-refractivity contribution in [3.05, 3.63) is 0 Å². The summed E-state index contributed by atoms with van der Waals surface area (Å²) in [5, 5.41) is 0. The third-order valence-electron chi connectivity index (χ3n) is 4.54. The van der Waals surface area contributed by atoms with Crippen LogP contribution in [0.25, 0.3) is 0 Å². The van der Waals surface area contributed by atoms with E-state index in [0.29, 0.717) is 11.2 Å². The van der Waals surface area contributed by atoms with E-state index in [1.165, 1.54) is 19.3 Å². The van der Waals surface area contributed by atoms with Crippen molar-refractivity contribution in [1.82, 2.24) is 4.90 Å². The smallest absolute Gasteiger partial charge is 0.224 e. The van der Waals surface area contributed by atoms with Crippen molar-refractivity contribution >= 4 is 17.7 Å². The molecule has 3 nitrogen and oxygen atoms in total. The molecule has 0 aromatic rings. The number of nitrogens with zero attached hydrogens (tertiary/aromatic N) is 1. The molecule has 0 unspecified atom stereocenters. The van der Waals surface area contributed by atoms with Gasteiger partial charge in [-0.3, -0.25) is 4.79 Å². The molecule has 1 saturated carbocycles. The van der Waals surface area contributed by atoms with E-state index < -0.39 is 0 Å². The lowest BCUT2D eigenvalue weighted by molar-refractivity contribution is -0.132. The highest BCUT2D eigenvalue weighted by Crippen LogP contribution is 2.32. The largest absolute Gasteiger partial charge is 0.342 e. The molecule has 2 aliphatic rings. The van der Waals surface area contributed by atoms with E-state index in [-0.39, 0.29) is 11.4 Å². The van der Waals surface area contributed by atoms with Gasteiger partial charge in [0.2, 0.25) is 5.91 Å². The van der Waals surface area contributed by atoms with E-state index in [2.05, 4.69) is 13.8 Å². The van der Waals surface area contributed by atoms with Crippen molar-refractivity contribution in [1.29, 1.82) is 0 Å². The molecule has 1 heterocycles. The molecule has 1 aliphatic carbocycles. The molecule has 0 spiro atoms. The number of amides is 1. The molecule has 1 saturated heterocycles. The third-order valence-corrected chi connectivity index (χ3v) is 5.92. The SMILES string of the molecule is CC1(C)CCN(C(=O)CC2(N)CCCCC2)CCS1. The molecule has 19 heavy (non-hydrogen) atoms. The Morgan fingerprint density at radius 1 is 1.16 bits per heavy atom. The van der Waals surface area contributed by atoms with Crippen LogP contribution in [-0.4, -0.2) is 39.9 Å². The minimum Gasteiger partial charge on any atom is -0.342 e. The summed E-state index contributed by atoms with van der Waals surface area (Å²) in [4.78, 5) is 14.5. The van der Waals surface area contributed by atoms with Gasteiger partial charge in [0, 0.05) is 35.5 Å². The van der Waals surface area contributed by atoms with Crippen LogP contribution in [0.1, 0.15) is 58.8 Å². The number of carbonyl (C=O) groups excluding carboxylic acids is 1. The van der Waals surface area contributed by atoms with Crippen molar-refractivity contribution < 1.29 is 4.79 Å². The number of carbonyl (C=O) groups is 1. The van der Waals surface area contributed by atoms with Crippen LogP contribution in [0.4, 0.5) is 0 Å². The lowest BCUT2D eigenvalue weighted by Gasteiger charge is -2.34. The summed E-state index contributed by atoms with van der Waals surface area (Å²) in [6, 6.07) is 0. The lowest BCUT2D eigenvalue weighted by atomic mass is 9.80. The zero-order chi connectivity index (χ0) is 13.9. The zero-order valence-corrected chi connectivity index (χ0v) is 13.2. The molecule has 1 aliphatic heterocycles. The van der Waals surface area contributed by atoms with Crippen LogP contribution < -0.4 is 5.73 Å². The first-order valence-corrected chi connectivity index (χ1v) is 8.60. The van der Waals surface area contributed by atoms with Crippen LogP contribution in [0.5, 0.6) is 0 Å². The second-order valence-electron chi connectivity index (χ2n) is 6.84. The fourth-order valence-electron chi connectivity index (χ4n) is 3.12. The van der Waals surface area contributed by atoms with Gasteiger partial charge in [-0.15, -0.1) is 0 Å². The standard InChI is InChI=1S/C15H28N2OS/c1-14(2)8-9-17(10-11-19-14)13(18)12-15(16)6-4-3-5-7-15/h3-12,16H2,1-2H3. The number of thioether (sulfide) groups is 1. The van der Waals surface area contributed by atoms with E-state index in [1.807, 2.05) is 16.7 Å². The van der Waals surface area contributed by atoms with Crippen molar-refractivity contribution in [3.8, 4) is 0 Å². The molecule has 1 amide bonds. The lowest BCUT2D eigenvalue weighted by Crippen LogP contribution is -2.47. The Balaban J connectivity index is 1.89. The molecule has 0 bridgehead atoms. The molecule has 4 heteroatoms. The monoisotopic (exact) mass is 284 g/mol. The number of rotatable bonds is 2. The van der Waals surface area contributed by atoms with Gasteiger partial charge in [0.25, 0.3) is 0 Å². The molecular weight excluding hydrogens is 256 g/mol. The summed E-state index contributed by atoms with van der Waals surface area (Å²) in [7, 11) is 0. The Labute approximate surface area is 121 Å². The second kappa shape index (κ2) is 6.04. The Morgan fingerprint density at radius 3 is 2.53 bits per heavy atom. The van der Waals surface area contributed by atoms with Crippen molar-refractivity contribution in [3.63, 3.8) is 0 Å². The summed E-state index contributed by atoms with van der Waals surface area (Å²) in [5.41, 5.74) is 6.19. The predicted octanol–water partition coefficient (Wildman–Crippen LogP) is 2.78. The van der Waals surface area contributed by atoms with Gasteiger partial charge in [0.05, 0.1) is 0 Å². The topological polar surface area (TPSA) is 46.3 Å². The molecule has 0 aromatic carbocycles. The van der Waals surface area contributed by atoms with Crippen molar-refractivity contribution in [2.24, 2.45) is 5.73 Å². The number of nitrogens with two attached hydrogens (primary N) is 1. The molecule has 2 fully saturated rings. The molecule has 2 rings (SSSR count). The fourth-order valence-corrected chi connectivity index (χ4v) is 4.22. The summed E-state index contributed by atoms with van der Waals surface area (Å²) < 4.78 is 0.306. The van der Waals surface area contributed by atoms with Crippen LogP contribution in [-0.2, 0) is 4.79 Å². The van der Waals surface area contributed by atoms with Crippen LogP contribution in [0.3, 0.4) is 0 Å². The Morgan fingerprint density at radius 2 is 1.84 bits per heavy atom. The van der Waals surface area contributed by atoms with Crippen molar-refractivity contribution in [2.75, 3.05) is 18.8 Å². The van der Waals surface area contributed by atoms with Gasteiger partial charge in [-0.2, -0.15) is 11.8 Å². The second-order valence-corrected chi connectivity index (χ2v) is 8.64. The number of hydrogen-bond donors (Lipinski definition) is 1. The van der Waals surface area contributed by atoms with E-state index in [4.69, 9.17) is 5.73 Å².